The van der Waals surface area contributed by atoms with Gasteiger partial charge < -0.3 is 15.0 Å². The molecular weight excluding hydrogens is 372 g/mol. The number of carboxylic acids is 1. The standard InChI is InChI=1S/C17H15BrN4O2/c1-9-12(16(23)24)7-19-17(20-9)22-5-4-14-13(8-22)11-3-2-10(18)6-15(11)21-14/h2-3,6-7,21H,4-5,8H2,1H3,(H,23,24). The molecular formula is C17H15BrN4O2. The summed E-state index contributed by atoms with van der Waals surface area (Å²) in [7, 11) is 0. The molecule has 0 saturated carbocycles. The van der Waals surface area contributed by atoms with E-state index in [-0.39, 0.29) is 5.56 Å². The van der Waals surface area contributed by atoms with Crippen LogP contribution in [0, 0.1) is 6.92 Å². The summed E-state index contributed by atoms with van der Waals surface area (Å²) in [5, 5.41) is 10.3. The number of rotatable bonds is 2. The fourth-order valence-corrected chi connectivity index (χ4v) is 3.54. The predicted molar refractivity (Wildman–Crippen MR) is 94.5 cm³/mol. The Morgan fingerprint density at radius 2 is 2.25 bits per heavy atom. The van der Waals surface area contributed by atoms with Crippen LogP contribution in [0.3, 0.4) is 0 Å². The molecule has 0 amide bonds. The molecule has 4 rings (SSSR count). The number of carboxylic acid groups (broad SMARTS) is 1. The number of nitrogens with one attached hydrogen (secondary N) is 1. The zero-order valence-corrected chi connectivity index (χ0v) is 14.6. The summed E-state index contributed by atoms with van der Waals surface area (Å²) < 4.78 is 1.05. The number of anilines is 1. The van der Waals surface area contributed by atoms with Crippen molar-refractivity contribution in [2.45, 2.75) is 19.9 Å². The van der Waals surface area contributed by atoms with Crippen molar-refractivity contribution in [2.24, 2.45) is 0 Å². The maximum atomic E-state index is 11.1. The molecule has 1 aliphatic rings. The van der Waals surface area contributed by atoms with E-state index in [1.807, 2.05) is 6.07 Å². The summed E-state index contributed by atoms with van der Waals surface area (Å²) in [6, 6.07) is 6.23. The first-order valence-electron chi connectivity index (χ1n) is 7.64. The second-order valence-corrected chi connectivity index (χ2v) is 6.83. The van der Waals surface area contributed by atoms with Gasteiger partial charge in [-0.2, -0.15) is 0 Å². The van der Waals surface area contributed by atoms with Crippen LogP contribution in [-0.4, -0.2) is 32.6 Å². The lowest BCUT2D eigenvalue weighted by Gasteiger charge is -2.27. The van der Waals surface area contributed by atoms with Crippen molar-refractivity contribution in [1.29, 1.82) is 0 Å². The lowest BCUT2D eigenvalue weighted by atomic mass is 10.0. The molecule has 24 heavy (non-hydrogen) atoms. The first kappa shape index (κ1) is 15.1. The summed E-state index contributed by atoms with van der Waals surface area (Å²) >= 11 is 3.50. The molecule has 0 bridgehead atoms. The largest absolute Gasteiger partial charge is 0.478 e. The van der Waals surface area contributed by atoms with Crippen LogP contribution in [0.1, 0.15) is 27.3 Å². The minimum Gasteiger partial charge on any atom is -0.478 e. The quantitative estimate of drug-likeness (QED) is 0.705. The van der Waals surface area contributed by atoms with Crippen LogP contribution in [0.5, 0.6) is 0 Å². The monoisotopic (exact) mass is 386 g/mol. The summed E-state index contributed by atoms with van der Waals surface area (Å²) in [4.78, 5) is 25.3. The van der Waals surface area contributed by atoms with Crippen molar-refractivity contribution < 1.29 is 9.90 Å². The number of hydrogen-bond acceptors (Lipinski definition) is 4. The molecule has 2 N–H and O–H groups in total. The van der Waals surface area contributed by atoms with Gasteiger partial charge in [0.2, 0.25) is 5.95 Å². The minimum atomic E-state index is -0.998. The third kappa shape index (κ3) is 2.45. The van der Waals surface area contributed by atoms with Crippen LogP contribution in [0.15, 0.2) is 28.9 Å². The van der Waals surface area contributed by atoms with Gasteiger partial charge in [-0.25, -0.2) is 14.8 Å². The molecule has 0 atom stereocenters. The molecule has 6 nitrogen and oxygen atoms in total. The number of hydrogen-bond donors (Lipinski definition) is 2. The minimum absolute atomic E-state index is 0.147. The van der Waals surface area contributed by atoms with Gasteiger partial charge in [-0.05, 0) is 19.1 Å². The molecule has 0 saturated heterocycles. The van der Waals surface area contributed by atoms with Crippen LogP contribution < -0.4 is 4.90 Å². The van der Waals surface area contributed by atoms with Crippen LogP contribution in [0.4, 0.5) is 5.95 Å². The maximum Gasteiger partial charge on any atom is 0.339 e. The number of benzene rings is 1. The van der Waals surface area contributed by atoms with E-state index >= 15 is 0 Å². The van der Waals surface area contributed by atoms with Crippen molar-refractivity contribution in [3.8, 4) is 0 Å². The highest BCUT2D eigenvalue weighted by molar-refractivity contribution is 9.10. The molecule has 3 heterocycles. The van der Waals surface area contributed by atoms with Gasteiger partial charge in [0.15, 0.2) is 0 Å². The SMILES string of the molecule is Cc1nc(N2CCc3[nH]c4cc(Br)ccc4c3C2)ncc1C(=O)O. The second kappa shape index (κ2) is 5.59. The Bertz CT molecular complexity index is 967. The van der Waals surface area contributed by atoms with Gasteiger partial charge in [-0.3, -0.25) is 0 Å². The van der Waals surface area contributed by atoms with Crippen molar-refractivity contribution >= 4 is 38.8 Å². The van der Waals surface area contributed by atoms with Gasteiger partial charge >= 0.3 is 5.97 Å². The topological polar surface area (TPSA) is 82.1 Å². The molecule has 0 fully saturated rings. The fraction of sp³-hybridized carbons (Fsp3) is 0.235. The highest BCUT2D eigenvalue weighted by Crippen LogP contribution is 2.30. The van der Waals surface area contributed by atoms with Crippen LogP contribution in [0.25, 0.3) is 10.9 Å². The summed E-state index contributed by atoms with van der Waals surface area (Å²) in [5.41, 5.74) is 4.26. The Kier molecular flexibility index (Phi) is 3.53. The number of carbonyl (C=O) groups is 1. The number of halogens is 1. The number of aromatic carboxylic acids is 1. The van der Waals surface area contributed by atoms with E-state index in [1.54, 1.807) is 6.92 Å². The Morgan fingerprint density at radius 3 is 3.00 bits per heavy atom. The molecule has 0 unspecified atom stereocenters. The average Bonchev–Trinajstić information content (AvgIpc) is 2.90. The lowest BCUT2D eigenvalue weighted by Crippen LogP contribution is -2.31. The van der Waals surface area contributed by atoms with E-state index in [0.717, 1.165) is 23.0 Å². The van der Waals surface area contributed by atoms with Gasteiger partial charge in [0.1, 0.15) is 0 Å². The van der Waals surface area contributed by atoms with Gasteiger partial charge in [0.05, 0.1) is 11.3 Å². The van der Waals surface area contributed by atoms with Crippen LogP contribution in [-0.2, 0) is 13.0 Å². The van der Waals surface area contributed by atoms with Crippen molar-refractivity contribution in [3.63, 3.8) is 0 Å². The first-order chi connectivity index (χ1) is 11.5. The van der Waals surface area contributed by atoms with Crippen LogP contribution >= 0.6 is 15.9 Å². The molecule has 0 spiro atoms. The van der Waals surface area contributed by atoms with Crippen molar-refractivity contribution in [1.82, 2.24) is 15.0 Å². The Labute approximate surface area is 146 Å². The van der Waals surface area contributed by atoms with Crippen molar-refractivity contribution in [3.05, 3.63) is 51.4 Å². The molecule has 1 aliphatic heterocycles. The number of nitrogens with zero attached hydrogens (tertiary/aromatic N) is 3. The molecule has 2 aromatic heterocycles. The Hall–Kier alpha value is -2.41. The highest BCUT2D eigenvalue weighted by atomic mass is 79.9. The van der Waals surface area contributed by atoms with E-state index in [4.69, 9.17) is 5.11 Å². The number of H-pyrrole nitrogens is 1. The van der Waals surface area contributed by atoms with Gasteiger partial charge in [0.25, 0.3) is 0 Å². The van der Waals surface area contributed by atoms with E-state index in [2.05, 4.69) is 47.9 Å². The van der Waals surface area contributed by atoms with E-state index < -0.39 is 5.97 Å². The fourth-order valence-electron chi connectivity index (χ4n) is 3.18. The first-order valence-corrected chi connectivity index (χ1v) is 8.43. The molecule has 0 aliphatic carbocycles. The van der Waals surface area contributed by atoms with Gasteiger partial charge in [-0.1, -0.05) is 22.0 Å². The predicted octanol–water partition coefficient (Wildman–Crippen LogP) is 3.29. The zero-order chi connectivity index (χ0) is 16.8. The Balaban J connectivity index is 1.70. The third-order valence-electron chi connectivity index (χ3n) is 4.42. The number of aryl methyl sites for hydroxylation is 1. The Morgan fingerprint density at radius 1 is 1.42 bits per heavy atom. The van der Waals surface area contributed by atoms with E-state index in [0.29, 0.717) is 18.2 Å². The third-order valence-corrected chi connectivity index (χ3v) is 4.91. The number of aromatic nitrogens is 3. The van der Waals surface area contributed by atoms with E-state index in [1.165, 1.54) is 22.8 Å². The highest BCUT2D eigenvalue weighted by Gasteiger charge is 2.23. The maximum absolute atomic E-state index is 11.1. The molecule has 7 heteroatoms. The van der Waals surface area contributed by atoms with E-state index in [9.17, 15) is 4.79 Å². The second-order valence-electron chi connectivity index (χ2n) is 5.92. The van der Waals surface area contributed by atoms with Crippen molar-refractivity contribution in [2.75, 3.05) is 11.4 Å². The summed E-state index contributed by atoms with van der Waals surface area (Å²) in [6.45, 7) is 3.21. The molecule has 3 aromatic rings. The number of fused-ring (bicyclic) bond motifs is 3. The number of aromatic amines is 1. The smallest absolute Gasteiger partial charge is 0.339 e. The lowest BCUT2D eigenvalue weighted by molar-refractivity contribution is 0.0695. The molecule has 1 aromatic carbocycles. The molecule has 0 radical (unpaired) electrons. The van der Waals surface area contributed by atoms with Gasteiger partial charge in [0, 0.05) is 52.3 Å². The van der Waals surface area contributed by atoms with Gasteiger partial charge in [-0.15, -0.1) is 0 Å². The van der Waals surface area contributed by atoms with Crippen LogP contribution in [0.2, 0.25) is 0 Å². The summed E-state index contributed by atoms with van der Waals surface area (Å²) in [5.74, 6) is -0.420. The normalized spacial score (nSPS) is 14.0. The zero-order valence-electron chi connectivity index (χ0n) is 13.0. The summed E-state index contributed by atoms with van der Waals surface area (Å²) in [6.07, 6.45) is 2.27. The molecule has 122 valence electrons. The average molecular weight is 387 g/mol.